The van der Waals surface area contributed by atoms with E-state index in [2.05, 4.69) is 9.97 Å². The zero-order valence-corrected chi connectivity index (χ0v) is 16.1. The Bertz CT molecular complexity index is 821. The molecule has 24 heavy (non-hydrogen) atoms. The number of urea groups is 1. The second-order valence-corrected chi connectivity index (χ2v) is 5.15. The SMILES string of the molecule is NC(=O)N1CCCc2cc(-c3cncc(F)c3C(=O)O)cnc21.[H-].[K+]. The summed E-state index contributed by atoms with van der Waals surface area (Å²) in [6.45, 7) is 0.483. The average Bonchev–Trinajstić information content (AvgIpc) is 2.53. The van der Waals surface area contributed by atoms with Gasteiger partial charge in [-0.1, -0.05) is 0 Å². The molecule has 2 amide bonds. The number of rotatable bonds is 2. The van der Waals surface area contributed by atoms with E-state index in [4.69, 9.17) is 5.73 Å². The molecule has 0 aliphatic carbocycles. The van der Waals surface area contributed by atoms with E-state index >= 15 is 0 Å². The molecule has 0 saturated carbocycles. The van der Waals surface area contributed by atoms with Crippen LogP contribution in [0.25, 0.3) is 11.1 Å². The molecule has 1 aliphatic rings. The number of pyridine rings is 2. The molecule has 0 atom stereocenters. The summed E-state index contributed by atoms with van der Waals surface area (Å²) >= 11 is 0. The number of aromatic nitrogens is 2. The van der Waals surface area contributed by atoms with Crippen LogP contribution >= 0.6 is 0 Å². The van der Waals surface area contributed by atoms with Gasteiger partial charge in [0.05, 0.1) is 6.20 Å². The number of amides is 2. The van der Waals surface area contributed by atoms with E-state index in [0.717, 1.165) is 11.8 Å². The number of carboxylic acid groups (broad SMARTS) is 1. The van der Waals surface area contributed by atoms with Gasteiger partial charge in [0, 0.05) is 30.1 Å². The van der Waals surface area contributed by atoms with Crippen LogP contribution in [0.4, 0.5) is 15.0 Å². The van der Waals surface area contributed by atoms with Gasteiger partial charge in [0.1, 0.15) is 11.4 Å². The van der Waals surface area contributed by atoms with Gasteiger partial charge in [-0.2, -0.15) is 0 Å². The van der Waals surface area contributed by atoms with E-state index in [0.29, 0.717) is 30.8 Å². The number of carbonyl (C=O) groups excluding carboxylic acids is 1. The second kappa shape index (κ2) is 7.66. The zero-order valence-electron chi connectivity index (χ0n) is 14.0. The van der Waals surface area contributed by atoms with Gasteiger partial charge >= 0.3 is 63.4 Å². The maximum Gasteiger partial charge on any atom is 1.00 e. The number of hydrogen-bond acceptors (Lipinski definition) is 4. The van der Waals surface area contributed by atoms with Gasteiger partial charge in [-0.3, -0.25) is 9.88 Å². The molecule has 0 saturated heterocycles. The number of carbonyl (C=O) groups is 2. The third-order valence-electron chi connectivity index (χ3n) is 3.72. The molecule has 0 radical (unpaired) electrons. The summed E-state index contributed by atoms with van der Waals surface area (Å²) in [6, 6.07) is 1.10. The quantitative estimate of drug-likeness (QED) is 0.666. The number of primary amides is 1. The summed E-state index contributed by atoms with van der Waals surface area (Å²) in [5.41, 5.74) is 6.20. The molecule has 120 valence electrons. The van der Waals surface area contributed by atoms with Crippen LogP contribution in [0.3, 0.4) is 0 Å². The fraction of sp³-hybridized carbons (Fsp3) is 0.200. The predicted molar refractivity (Wildman–Crippen MR) is 80.7 cm³/mol. The monoisotopic (exact) mass is 356 g/mol. The first kappa shape index (κ1) is 18.9. The van der Waals surface area contributed by atoms with Crippen molar-refractivity contribution < 1.29 is 71.9 Å². The normalized spacial score (nSPS) is 13.0. The third-order valence-corrected chi connectivity index (χ3v) is 3.72. The smallest absolute Gasteiger partial charge is 1.00 e. The van der Waals surface area contributed by atoms with E-state index in [1.807, 2.05) is 0 Å². The number of hydrogen-bond donors (Lipinski definition) is 2. The number of aryl methyl sites for hydroxylation is 1. The van der Waals surface area contributed by atoms with Gasteiger partial charge < -0.3 is 12.3 Å². The van der Waals surface area contributed by atoms with Crippen molar-refractivity contribution in [3.8, 4) is 11.1 Å². The number of carboxylic acids is 1. The predicted octanol–water partition coefficient (Wildman–Crippen LogP) is -1.07. The standard InChI is InChI=1S/C15H13FN4O3.K.H/c16-11-7-18-6-10(12(11)14(21)22)9-4-8-2-1-3-20(15(17)23)13(8)19-5-9;;/h4-7H,1-3H2,(H2,17,23)(H,21,22);;/q;+1;-1. The molecule has 0 aromatic carbocycles. The molecule has 3 rings (SSSR count). The Hall–Kier alpha value is -1.39. The number of fused-ring (bicyclic) bond motifs is 1. The molecule has 3 heterocycles. The number of aromatic carboxylic acids is 1. The number of nitrogens with two attached hydrogens (primary N) is 1. The van der Waals surface area contributed by atoms with Gasteiger partial charge in [-0.25, -0.2) is 19.0 Å². The Labute approximate surface area is 181 Å². The molecule has 2 aromatic heterocycles. The summed E-state index contributed by atoms with van der Waals surface area (Å²) in [7, 11) is 0. The topological polar surface area (TPSA) is 109 Å². The molecular weight excluding hydrogens is 342 g/mol. The maximum absolute atomic E-state index is 13.8. The molecule has 3 N–H and O–H groups in total. The van der Waals surface area contributed by atoms with Gasteiger partial charge in [0.2, 0.25) is 0 Å². The fourth-order valence-corrected chi connectivity index (χ4v) is 2.70. The van der Waals surface area contributed by atoms with Crippen LogP contribution < -0.4 is 62.0 Å². The zero-order chi connectivity index (χ0) is 16.6. The average molecular weight is 356 g/mol. The van der Waals surface area contributed by atoms with Crippen molar-refractivity contribution in [1.82, 2.24) is 9.97 Å². The Morgan fingerprint density at radius 2 is 2.08 bits per heavy atom. The van der Waals surface area contributed by atoms with Crippen LogP contribution in [0.1, 0.15) is 23.8 Å². The minimum Gasteiger partial charge on any atom is -1.00 e. The van der Waals surface area contributed by atoms with Gasteiger partial charge in [-0.05, 0) is 24.5 Å². The molecule has 0 unspecified atom stereocenters. The van der Waals surface area contributed by atoms with E-state index in [-0.39, 0.29) is 58.4 Å². The summed E-state index contributed by atoms with van der Waals surface area (Å²) in [4.78, 5) is 32.0. The van der Waals surface area contributed by atoms with Crippen molar-refractivity contribution in [2.45, 2.75) is 12.8 Å². The first-order valence-electron chi connectivity index (χ1n) is 6.92. The van der Waals surface area contributed by atoms with Gasteiger partial charge in [-0.15, -0.1) is 0 Å². The number of anilines is 1. The fourth-order valence-electron chi connectivity index (χ4n) is 2.70. The second-order valence-electron chi connectivity index (χ2n) is 5.15. The van der Waals surface area contributed by atoms with Gasteiger partial charge in [0.15, 0.2) is 5.82 Å². The van der Waals surface area contributed by atoms with Crippen molar-refractivity contribution in [2.24, 2.45) is 5.73 Å². The minimum absolute atomic E-state index is 0. The summed E-state index contributed by atoms with van der Waals surface area (Å²) in [5, 5.41) is 9.20. The van der Waals surface area contributed by atoms with E-state index < -0.39 is 23.4 Å². The summed E-state index contributed by atoms with van der Waals surface area (Å²) in [6.07, 6.45) is 4.92. The van der Waals surface area contributed by atoms with Crippen LogP contribution in [-0.2, 0) is 6.42 Å². The summed E-state index contributed by atoms with van der Waals surface area (Å²) in [5.74, 6) is -1.84. The van der Waals surface area contributed by atoms with Crippen molar-refractivity contribution >= 4 is 17.8 Å². The molecule has 2 aromatic rings. The first-order chi connectivity index (χ1) is 11.0. The van der Waals surface area contributed by atoms with E-state index in [9.17, 15) is 19.1 Å². The Balaban J connectivity index is 0.00000156. The van der Waals surface area contributed by atoms with E-state index in [1.54, 1.807) is 6.07 Å². The van der Waals surface area contributed by atoms with Crippen LogP contribution in [0.15, 0.2) is 24.7 Å². The van der Waals surface area contributed by atoms with Crippen LogP contribution in [0.5, 0.6) is 0 Å². The first-order valence-corrected chi connectivity index (χ1v) is 6.92. The number of nitrogens with zero attached hydrogens (tertiary/aromatic N) is 3. The van der Waals surface area contributed by atoms with Crippen molar-refractivity contribution in [1.29, 1.82) is 0 Å². The molecule has 0 fully saturated rings. The molecule has 0 bridgehead atoms. The molecule has 7 nitrogen and oxygen atoms in total. The molecule has 0 spiro atoms. The molecular formula is C15H14FKN4O3. The van der Waals surface area contributed by atoms with Crippen LogP contribution in [0.2, 0.25) is 0 Å². The Morgan fingerprint density at radius 1 is 1.33 bits per heavy atom. The van der Waals surface area contributed by atoms with Crippen molar-refractivity contribution in [3.63, 3.8) is 0 Å². The molecule has 1 aliphatic heterocycles. The van der Waals surface area contributed by atoms with Crippen LogP contribution in [-0.4, -0.2) is 33.6 Å². The Kier molecular flexibility index (Phi) is 6.05. The van der Waals surface area contributed by atoms with Crippen LogP contribution in [0, 0.1) is 5.82 Å². The van der Waals surface area contributed by atoms with Gasteiger partial charge in [0.25, 0.3) is 0 Å². The van der Waals surface area contributed by atoms with E-state index in [1.165, 1.54) is 17.3 Å². The van der Waals surface area contributed by atoms with Crippen molar-refractivity contribution in [3.05, 3.63) is 41.6 Å². The third kappa shape index (κ3) is 3.50. The minimum atomic E-state index is -1.38. The number of halogens is 1. The molecule has 9 heteroatoms. The summed E-state index contributed by atoms with van der Waals surface area (Å²) < 4.78 is 13.8. The Morgan fingerprint density at radius 3 is 2.75 bits per heavy atom. The largest absolute Gasteiger partial charge is 1.00 e. The van der Waals surface area contributed by atoms with Crippen molar-refractivity contribution in [2.75, 3.05) is 11.4 Å². The maximum atomic E-state index is 13.8.